The molecule has 0 saturated carbocycles. The Kier molecular flexibility index (Phi) is 4.52. The van der Waals surface area contributed by atoms with Crippen LogP contribution in [0.4, 0.5) is 0 Å². The van der Waals surface area contributed by atoms with Crippen molar-refractivity contribution in [3.63, 3.8) is 0 Å². The van der Waals surface area contributed by atoms with E-state index in [9.17, 15) is 0 Å². The summed E-state index contributed by atoms with van der Waals surface area (Å²) in [5.41, 5.74) is 0. The van der Waals surface area contributed by atoms with Gasteiger partial charge in [-0.3, -0.25) is 0 Å². The van der Waals surface area contributed by atoms with Gasteiger partial charge in [-0.2, -0.15) is 0 Å². The van der Waals surface area contributed by atoms with E-state index in [0.717, 1.165) is 0 Å². The summed E-state index contributed by atoms with van der Waals surface area (Å²) in [6, 6.07) is 0. The van der Waals surface area contributed by atoms with Crippen LogP contribution in [0.1, 0.15) is 0 Å². The van der Waals surface area contributed by atoms with Crippen LogP contribution in [0.2, 0.25) is 19.6 Å². The SMILES string of the molecule is C[Si](C)(C)OCC(O)CCl. The average molecular weight is 183 g/mol. The number of hydrogen-bond donors (Lipinski definition) is 1. The van der Waals surface area contributed by atoms with Crippen molar-refractivity contribution in [2.24, 2.45) is 0 Å². The van der Waals surface area contributed by atoms with Gasteiger partial charge in [0.1, 0.15) is 0 Å². The highest BCUT2D eigenvalue weighted by atomic mass is 35.5. The molecule has 0 aromatic carbocycles. The van der Waals surface area contributed by atoms with Gasteiger partial charge in [0.15, 0.2) is 8.32 Å². The van der Waals surface area contributed by atoms with Crippen molar-refractivity contribution in [2.75, 3.05) is 12.5 Å². The van der Waals surface area contributed by atoms with Gasteiger partial charge < -0.3 is 9.53 Å². The molecule has 1 atom stereocenters. The second-order valence-electron chi connectivity index (χ2n) is 3.23. The summed E-state index contributed by atoms with van der Waals surface area (Å²) in [6.45, 7) is 6.61. The minimum absolute atomic E-state index is 0.254. The molecule has 10 heavy (non-hydrogen) atoms. The van der Waals surface area contributed by atoms with Crippen LogP contribution in [0.3, 0.4) is 0 Å². The summed E-state index contributed by atoms with van der Waals surface area (Å²) < 4.78 is 5.39. The normalized spacial score (nSPS) is 15.3. The first-order chi connectivity index (χ1) is 4.45. The first kappa shape index (κ1) is 10.4. The zero-order valence-corrected chi connectivity index (χ0v) is 8.48. The fourth-order valence-electron chi connectivity index (χ4n) is 0.391. The van der Waals surface area contributed by atoms with Crippen molar-refractivity contribution in [3.8, 4) is 0 Å². The van der Waals surface area contributed by atoms with Gasteiger partial charge in [0, 0.05) is 0 Å². The van der Waals surface area contributed by atoms with Gasteiger partial charge in [0.05, 0.1) is 18.6 Å². The van der Waals surface area contributed by atoms with Crippen molar-refractivity contribution >= 4 is 19.9 Å². The summed E-state index contributed by atoms with van der Waals surface area (Å²) in [5, 5.41) is 8.99. The highest BCUT2D eigenvalue weighted by molar-refractivity contribution is 6.69. The van der Waals surface area contributed by atoms with Crippen LogP contribution in [0.25, 0.3) is 0 Å². The van der Waals surface area contributed by atoms with Crippen molar-refractivity contribution in [3.05, 3.63) is 0 Å². The van der Waals surface area contributed by atoms with Crippen LogP contribution >= 0.6 is 11.6 Å². The van der Waals surface area contributed by atoms with Crippen molar-refractivity contribution in [1.29, 1.82) is 0 Å². The van der Waals surface area contributed by atoms with Gasteiger partial charge in [-0.1, -0.05) is 0 Å². The number of aliphatic hydroxyl groups excluding tert-OH is 1. The first-order valence-electron chi connectivity index (χ1n) is 3.33. The zero-order valence-electron chi connectivity index (χ0n) is 6.72. The minimum atomic E-state index is -1.45. The fraction of sp³-hybridized carbons (Fsp3) is 1.00. The summed E-state index contributed by atoms with van der Waals surface area (Å²) in [5.74, 6) is 0.254. The maximum absolute atomic E-state index is 8.99. The van der Waals surface area contributed by atoms with E-state index in [-0.39, 0.29) is 5.88 Å². The third-order valence-electron chi connectivity index (χ3n) is 0.887. The molecule has 0 heterocycles. The molecular weight excluding hydrogens is 168 g/mol. The van der Waals surface area contributed by atoms with Gasteiger partial charge in [0.2, 0.25) is 0 Å². The van der Waals surface area contributed by atoms with Gasteiger partial charge in [-0.25, -0.2) is 0 Å². The molecule has 0 radical (unpaired) electrons. The maximum atomic E-state index is 8.99. The van der Waals surface area contributed by atoms with Crippen molar-refractivity contribution in [1.82, 2.24) is 0 Å². The number of halogens is 1. The van der Waals surface area contributed by atoms with E-state index in [1.54, 1.807) is 0 Å². The smallest absolute Gasteiger partial charge is 0.183 e. The Balaban J connectivity index is 3.36. The van der Waals surface area contributed by atoms with Crippen LogP contribution in [-0.2, 0) is 4.43 Å². The number of rotatable bonds is 4. The van der Waals surface area contributed by atoms with Crippen LogP contribution in [0.5, 0.6) is 0 Å². The van der Waals surface area contributed by atoms with Crippen LogP contribution < -0.4 is 0 Å². The Morgan fingerprint density at radius 1 is 1.50 bits per heavy atom. The molecule has 0 aromatic heterocycles. The van der Waals surface area contributed by atoms with Gasteiger partial charge in [-0.05, 0) is 19.6 Å². The Bertz CT molecular complexity index is 92.2. The predicted octanol–water partition coefficient (Wildman–Crippen LogP) is 1.44. The molecule has 0 aliphatic rings. The summed E-state index contributed by atoms with van der Waals surface area (Å²) in [6.07, 6.45) is -0.506. The van der Waals surface area contributed by atoms with E-state index in [1.807, 2.05) is 0 Å². The van der Waals surface area contributed by atoms with Gasteiger partial charge in [-0.15, -0.1) is 11.6 Å². The first-order valence-corrected chi connectivity index (χ1v) is 7.28. The third kappa shape index (κ3) is 6.55. The Morgan fingerprint density at radius 2 is 2.00 bits per heavy atom. The molecule has 0 spiro atoms. The van der Waals surface area contributed by atoms with Gasteiger partial charge >= 0.3 is 0 Å². The molecule has 0 aromatic rings. The standard InChI is InChI=1S/C6H15ClO2Si/c1-10(2,3)9-5-6(8)4-7/h6,8H,4-5H2,1-3H3. The second kappa shape index (κ2) is 4.33. The van der Waals surface area contributed by atoms with E-state index < -0.39 is 14.4 Å². The molecule has 1 unspecified atom stereocenters. The Labute approximate surface area is 68.3 Å². The van der Waals surface area contributed by atoms with Gasteiger partial charge in [0.25, 0.3) is 0 Å². The molecule has 0 aliphatic heterocycles. The highest BCUT2D eigenvalue weighted by Gasteiger charge is 2.15. The minimum Gasteiger partial charge on any atom is -0.415 e. The molecule has 0 saturated heterocycles. The summed E-state index contributed by atoms with van der Waals surface area (Å²) in [7, 11) is -1.45. The van der Waals surface area contributed by atoms with E-state index in [4.69, 9.17) is 21.1 Å². The molecule has 2 nitrogen and oxygen atoms in total. The van der Waals surface area contributed by atoms with Crippen LogP contribution in [0, 0.1) is 0 Å². The lowest BCUT2D eigenvalue weighted by Crippen LogP contribution is -2.30. The fourth-order valence-corrected chi connectivity index (χ4v) is 1.17. The third-order valence-corrected chi connectivity index (χ3v) is 2.28. The quantitative estimate of drug-likeness (QED) is 0.527. The average Bonchev–Trinajstić information content (AvgIpc) is 1.81. The Morgan fingerprint density at radius 3 is 2.30 bits per heavy atom. The second-order valence-corrected chi connectivity index (χ2v) is 8.05. The van der Waals surface area contributed by atoms with Crippen LogP contribution in [0.15, 0.2) is 0 Å². The summed E-state index contributed by atoms with van der Waals surface area (Å²) in [4.78, 5) is 0. The molecule has 62 valence electrons. The number of hydrogen-bond acceptors (Lipinski definition) is 2. The predicted molar refractivity (Wildman–Crippen MR) is 46.0 cm³/mol. The zero-order chi connectivity index (χ0) is 8.20. The molecule has 0 rings (SSSR count). The highest BCUT2D eigenvalue weighted by Crippen LogP contribution is 2.03. The Hall–Kier alpha value is 0.427. The van der Waals surface area contributed by atoms with E-state index in [2.05, 4.69) is 19.6 Å². The summed E-state index contributed by atoms with van der Waals surface area (Å²) >= 11 is 5.37. The number of alkyl halides is 1. The van der Waals surface area contributed by atoms with E-state index in [1.165, 1.54) is 0 Å². The molecule has 0 fully saturated rings. The topological polar surface area (TPSA) is 29.5 Å². The molecule has 0 bridgehead atoms. The molecule has 0 amide bonds. The van der Waals surface area contributed by atoms with Crippen molar-refractivity contribution in [2.45, 2.75) is 25.7 Å². The maximum Gasteiger partial charge on any atom is 0.183 e. The van der Waals surface area contributed by atoms with Crippen LogP contribution in [-0.4, -0.2) is 32.0 Å². The van der Waals surface area contributed by atoms with Crippen molar-refractivity contribution < 1.29 is 9.53 Å². The molecular formula is C6H15ClO2Si. The van der Waals surface area contributed by atoms with E-state index >= 15 is 0 Å². The lowest BCUT2D eigenvalue weighted by molar-refractivity contribution is 0.121. The lowest BCUT2D eigenvalue weighted by atomic mass is 10.4. The largest absolute Gasteiger partial charge is 0.415 e. The molecule has 0 aliphatic carbocycles. The number of aliphatic hydroxyl groups is 1. The monoisotopic (exact) mass is 182 g/mol. The molecule has 4 heteroatoms. The molecule has 1 N–H and O–H groups in total. The van der Waals surface area contributed by atoms with E-state index in [0.29, 0.717) is 6.61 Å². The lowest BCUT2D eigenvalue weighted by Gasteiger charge is -2.18.